The van der Waals surface area contributed by atoms with Gasteiger partial charge in [-0.15, -0.1) is 0 Å². The first kappa shape index (κ1) is 15.3. The molecule has 0 unspecified atom stereocenters. The van der Waals surface area contributed by atoms with Crippen molar-refractivity contribution in [3.05, 3.63) is 50.9 Å². The van der Waals surface area contributed by atoms with Crippen molar-refractivity contribution in [1.82, 2.24) is 0 Å². The van der Waals surface area contributed by atoms with Crippen molar-refractivity contribution in [3.8, 4) is 17.2 Å². The van der Waals surface area contributed by atoms with Crippen molar-refractivity contribution in [2.45, 2.75) is 0 Å². The Kier molecular flexibility index (Phi) is 5.01. The molecule has 0 amide bonds. The predicted octanol–water partition coefficient (Wildman–Crippen LogP) is 4.65. The van der Waals surface area contributed by atoms with E-state index < -0.39 is 0 Å². The van der Waals surface area contributed by atoms with Gasteiger partial charge in [0.25, 0.3) is 0 Å². The van der Waals surface area contributed by atoms with Crippen LogP contribution in [0.1, 0.15) is 5.56 Å². The predicted molar refractivity (Wildman–Crippen MR) is 90.8 cm³/mol. The van der Waals surface area contributed by atoms with Gasteiger partial charge in [-0.3, -0.25) is 0 Å². The van der Waals surface area contributed by atoms with Gasteiger partial charge in [-0.05, 0) is 52.3 Å². The Morgan fingerprint density at radius 3 is 2.40 bits per heavy atom. The second-order valence-electron chi connectivity index (χ2n) is 3.90. The van der Waals surface area contributed by atoms with Crippen molar-refractivity contribution < 1.29 is 9.47 Å². The third kappa shape index (κ3) is 3.50. The lowest BCUT2D eigenvalue weighted by atomic mass is 10.2. The summed E-state index contributed by atoms with van der Waals surface area (Å²) >= 11 is 11.9. The van der Waals surface area contributed by atoms with Crippen LogP contribution in [0.5, 0.6) is 17.2 Å². The molecule has 2 rings (SSSR count). The Bertz CT molecular complexity index is 662. The molecule has 0 aliphatic carbocycles. The zero-order chi connectivity index (χ0) is 14.7. The van der Waals surface area contributed by atoms with Gasteiger partial charge in [0, 0.05) is 4.47 Å². The minimum atomic E-state index is 0.283. The topological polar surface area (TPSA) is 44.5 Å². The molecule has 0 atom stereocenters. The molecule has 0 spiro atoms. The quantitative estimate of drug-likeness (QED) is 0.737. The molecule has 3 nitrogen and oxygen atoms in total. The lowest BCUT2D eigenvalue weighted by Gasteiger charge is -2.12. The van der Waals surface area contributed by atoms with Crippen LogP contribution in [0.2, 0.25) is 0 Å². The van der Waals surface area contributed by atoms with Crippen molar-refractivity contribution in [3.63, 3.8) is 0 Å². The van der Waals surface area contributed by atoms with E-state index in [-0.39, 0.29) is 4.99 Å². The van der Waals surface area contributed by atoms with E-state index in [1.807, 2.05) is 36.4 Å². The third-order valence-corrected chi connectivity index (χ3v) is 3.90. The number of ether oxygens (including phenoxy) is 2. The van der Waals surface area contributed by atoms with Crippen LogP contribution in [0, 0.1) is 0 Å². The highest BCUT2D eigenvalue weighted by molar-refractivity contribution is 9.10. The minimum Gasteiger partial charge on any atom is -0.497 e. The molecule has 0 aliphatic rings. The molecule has 2 N–H and O–H groups in total. The summed E-state index contributed by atoms with van der Waals surface area (Å²) < 4.78 is 12.7. The van der Waals surface area contributed by atoms with E-state index in [2.05, 4.69) is 31.9 Å². The first-order valence-corrected chi connectivity index (χ1v) is 7.61. The highest BCUT2D eigenvalue weighted by Crippen LogP contribution is 2.34. The monoisotopic (exact) mass is 415 g/mol. The highest BCUT2D eigenvalue weighted by Gasteiger charge is 2.11. The second-order valence-corrected chi connectivity index (χ2v) is 6.11. The molecule has 20 heavy (non-hydrogen) atoms. The van der Waals surface area contributed by atoms with Gasteiger partial charge in [-0.1, -0.05) is 28.1 Å². The Hall–Kier alpha value is -1.11. The number of hydrogen-bond donors (Lipinski definition) is 1. The number of nitrogens with two attached hydrogens (primary N) is 1. The summed E-state index contributed by atoms with van der Waals surface area (Å²) in [5.74, 6) is 2.01. The number of rotatable bonds is 4. The van der Waals surface area contributed by atoms with Crippen molar-refractivity contribution in [2.75, 3.05) is 7.11 Å². The molecule has 2 aromatic carbocycles. The van der Waals surface area contributed by atoms with E-state index in [4.69, 9.17) is 27.4 Å². The molecule has 2 aromatic rings. The number of methoxy groups -OCH3 is 1. The van der Waals surface area contributed by atoms with Crippen LogP contribution in [-0.4, -0.2) is 12.1 Å². The fourth-order valence-electron chi connectivity index (χ4n) is 1.59. The van der Waals surface area contributed by atoms with Gasteiger partial charge in [-0.25, -0.2) is 0 Å². The summed E-state index contributed by atoms with van der Waals surface area (Å²) in [6, 6.07) is 11.0. The van der Waals surface area contributed by atoms with E-state index in [1.165, 1.54) is 0 Å². The molecule has 0 radical (unpaired) electrons. The molecule has 0 bridgehead atoms. The average molecular weight is 417 g/mol. The molecular formula is C14H11Br2NO2S. The fourth-order valence-corrected chi connectivity index (χ4v) is 2.55. The van der Waals surface area contributed by atoms with Crippen LogP contribution in [-0.2, 0) is 0 Å². The molecule has 0 heterocycles. The number of halogens is 2. The first-order valence-electron chi connectivity index (χ1n) is 5.62. The fraction of sp³-hybridized carbons (Fsp3) is 0.0714. The largest absolute Gasteiger partial charge is 0.497 e. The normalized spacial score (nSPS) is 10.2. The van der Waals surface area contributed by atoms with Crippen LogP contribution in [0.4, 0.5) is 0 Å². The van der Waals surface area contributed by atoms with Crippen molar-refractivity contribution >= 4 is 49.1 Å². The van der Waals surface area contributed by atoms with Crippen molar-refractivity contribution in [1.29, 1.82) is 0 Å². The van der Waals surface area contributed by atoms with Crippen molar-refractivity contribution in [2.24, 2.45) is 5.73 Å². The summed E-state index contributed by atoms with van der Waals surface area (Å²) in [5, 5.41) is 0. The zero-order valence-corrected chi connectivity index (χ0v) is 14.5. The molecule has 104 valence electrons. The second kappa shape index (κ2) is 6.56. The summed E-state index contributed by atoms with van der Waals surface area (Å²) in [6.45, 7) is 0. The molecule has 0 aromatic heterocycles. The van der Waals surface area contributed by atoms with Gasteiger partial charge in [-0.2, -0.15) is 0 Å². The summed E-state index contributed by atoms with van der Waals surface area (Å²) in [7, 11) is 1.61. The molecule has 0 saturated heterocycles. The number of thiocarbonyl (C=S) groups is 1. The highest BCUT2D eigenvalue weighted by atomic mass is 79.9. The van der Waals surface area contributed by atoms with Gasteiger partial charge in [0.1, 0.15) is 22.2 Å². The standard InChI is InChI=1S/C14H11Br2NO2S/c1-18-9-3-5-13(11(16)7-9)19-12-4-2-8(15)6-10(12)14(17)20/h2-7H,1H3,(H2,17,20). The van der Waals surface area contributed by atoms with Gasteiger partial charge in [0.15, 0.2) is 0 Å². The third-order valence-electron chi connectivity index (χ3n) is 2.57. The Morgan fingerprint density at radius 1 is 1.10 bits per heavy atom. The van der Waals surface area contributed by atoms with Gasteiger partial charge >= 0.3 is 0 Å². The maximum absolute atomic E-state index is 5.87. The Labute approximate surface area is 139 Å². The van der Waals surface area contributed by atoms with Gasteiger partial charge in [0.2, 0.25) is 0 Å². The lowest BCUT2D eigenvalue weighted by Crippen LogP contribution is -2.10. The molecule has 0 saturated carbocycles. The number of hydrogen-bond acceptors (Lipinski definition) is 3. The van der Waals surface area contributed by atoms with Crippen LogP contribution >= 0.6 is 44.1 Å². The van der Waals surface area contributed by atoms with E-state index in [9.17, 15) is 0 Å². The van der Waals surface area contributed by atoms with Gasteiger partial charge < -0.3 is 15.2 Å². The maximum atomic E-state index is 5.87. The van der Waals surface area contributed by atoms with Crippen LogP contribution in [0.25, 0.3) is 0 Å². The van der Waals surface area contributed by atoms with Crippen LogP contribution in [0.15, 0.2) is 45.3 Å². The summed E-state index contributed by atoms with van der Waals surface area (Å²) in [4.78, 5) is 0.283. The molecule has 0 aliphatic heterocycles. The minimum absolute atomic E-state index is 0.283. The molecule has 0 fully saturated rings. The molecule has 6 heteroatoms. The Morgan fingerprint density at radius 2 is 1.80 bits per heavy atom. The first-order chi connectivity index (χ1) is 9.51. The summed E-state index contributed by atoms with van der Waals surface area (Å²) in [5.41, 5.74) is 6.40. The average Bonchev–Trinajstić information content (AvgIpc) is 2.42. The summed E-state index contributed by atoms with van der Waals surface area (Å²) in [6.07, 6.45) is 0. The number of benzene rings is 2. The van der Waals surface area contributed by atoms with Crippen LogP contribution in [0.3, 0.4) is 0 Å². The van der Waals surface area contributed by atoms with E-state index >= 15 is 0 Å². The van der Waals surface area contributed by atoms with E-state index in [0.29, 0.717) is 17.1 Å². The SMILES string of the molecule is COc1ccc(Oc2ccc(Br)cc2C(N)=S)c(Br)c1. The van der Waals surface area contributed by atoms with E-state index in [0.717, 1.165) is 14.7 Å². The van der Waals surface area contributed by atoms with E-state index in [1.54, 1.807) is 7.11 Å². The molecular weight excluding hydrogens is 406 g/mol. The lowest BCUT2D eigenvalue weighted by molar-refractivity contribution is 0.412. The van der Waals surface area contributed by atoms with Crippen LogP contribution < -0.4 is 15.2 Å². The Balaban J connectivity index is 2.37. The maximum Gasteiger partial charge on any atom is 0.141 e. The smallest absolute Gasteiger partial charge is 0.141 e. The zero-order valence-electron chi connectivity index (χ0n) is 10.5. The van der Waals surface area contributed by atoms with Gasteiger partial charge in [0.05, 0.1) is 17.1 Å².